The number of benzene rings is 2. The molecule has 0 unspecified atom stereocenters. The molecule has 0 spiro atoms. The van der Waals surface area contributed by atoms with Crippen LogP contribution in [0.2, 0.25) is 0 Å². The summed E-state index contributed by atoms with van der Waals surface area (Å²) >= 11 is 0. The van der Waals surface area contributed by atoms with Crippen molar-refractivity contribution in [3.63, 3.8) is 0 Å². The molecule has 2 aromatic carbocycles. The van der Waals surface area contributed by atoms with Crippen molar-refractivity contribution in [3.05, 3.63) is 77.5 Å². The number of hydrogen-bond acceptors (Lipinski definition) is 4. The number of anilines is 1. The minimum absolute atomic E-state index is 0.168. The maximum absolute atomic E-state index is 12.7. The Morgan fingerprint density at radius 1 is 1.03 bits per heavy atom. The number of hydrogen-bond donors (Lipinski definition) is 1. The van der Waals surface area contributed by atoms with Crippen LogP contribution in [0.25, 0.3) is 0 Å². The Kier molecular flexibility index (Phi) is 5.61. The van der Waals surface area contributed by atoms with E-state index in [9.17, 15) is 13.2 Å². The third-order valence-corrected chi connectivity index (χ3v) is 5.64. The average Bonchev–Trinajstić information content (AvgIpc) is 3.05. The zero-order valence-electron chi connectivity index (χ0n) is 17.0. The summed E-state index contributed by atoms with van der Waals surface area (Å²) < 4.78 is 25.0. The van der Waals surface area contributed by atoms with Gasteiger partial charge in [0.05, 0.1) is 17.1 Å². The summed E-state index contributed by atoms with van der Waals surface area (Å²) in [4.78, 5) is 12.9. The number of nitrogens with zero attached hydrogens (tertiary/aromatic N) is 2. The normalized spacial score (nSPS) is 12.0. The Morgan fingerprint density at radius 2 is 1.66 bits per heavy atom. The summed E-state index contributed by atoms with van der Waals surface area (Å²) in [6, 6.07) is 17.7. The molecule has 1 aromatic heterocycles. The Labute approximate surface area is 171 Å². The summed E-state index contributed by atoms with van der Waals surface area (Å²) in [5, 5.41) is 7.60. The van der Waals surface area contributed by atoms with Gasteiger partial charge in [-0.25, -0.2) is 13.1 Å². The highest BCUT2D eigenvalue weighted by Gasteiger charge is 2.21. The molecule has 6 nitrogen and oxygen atoms in total. The second kappa shape index (κ2) is 7.83. The van der Waals surface area contributed by atoms with Gasteiger partial charge in [0.1, 0.15) is 5.82 Å². The second-order valence-electron chi connectivity index (χ2n) is 8.06. The molecule has 29 heavy (non-hydrogen) atoms. The molecule has 3 rings (SSSR count). The fourth-order valence-corrected chi connectivity index (χ4v) is 3.43. The number of aromatic nitrogens is 2. The van der Waals surface area contributed by atoms with E-state index in [2.05, 4.69) is 26.1 Å². The van der Waals surface area contributed by atoms with Gasteiger partial charge in [-0.1, -0.05) is 51.1 Å². The molecule has 1 N–H and O–H groups in total. The minimum Gasteiger partial charge on any atom is -0.307 e. The summed E-state index contributed by atoms with van der Waals surface area (Å²) in [6.45, 7) is 6.73. The molecule has 3 aromatic rings. The fraction of sp³-hybridized carbons (Fsp3) is 0.273. The van der Waals surface area contributed by atoms with Crippen molar-refractivity contribution in [2.45, 2.75) is 37.6 Å². The van der Waals surface area contributed by atoms with Crippen LogP contribution in [0.15, 0.2) is 65.6 Å². The average molecular weight is 412 g/mol. The van der Waals surface area contributed by atoms with Crippen LogP contribution in [-0.2, 0) is 21.8 Å². The van der Waals surface area contributed by atoms with Crippen molar-refractivity contribution >= 4 is 21.6 Å². The van der Waals surface area contributed by atoms with Gasteiger partial charge >= 0.3 is 0 Å². The summed E-state index contributed by atoms with van der Waals surface area (Å²) in [6.07, 6.45) is 1.14. The Bertz CT molecular complexity index is 1110. The van der Waals surface area contributed by atoms with Crippen LogP contribution >= 0.6 is 0 Å². The van der Waals surface area contributed by atoms with Crippen LogP contribution in [0.3, 0.4) is 0 Å². The van der Waals surface area contributed by atoms with Crippen LogP contribution in [0.1, 0.15) is 42.4 Å². The molecular formula is C22H25N3O3S. The molecule has 7 heteroatoms. The standard InChI is InChI=1S/C22H25N3O3S/c1-22(2,3)19-14-20(25(24-19)15-16-8-6-5-7-9-16)23-21(26)17-10-12-18(13-11-17)29(4,27)28/h5-14H,15H2,1-4H3,(H,23,26). The molecule has 0 saturated carbocycles. The number of carbonyl (C=O) groups excluding carboxylic acids is 1. The highest BCUT2D eigenvalue weighted by molar-refractivity contribution is 7.90. The fourth-order valence-electron chi connectivity index (χ4n) is 2.80. The second-order valence-corrected chi connectivity index (χ2v) is 10.1. The number of carbonyl (C=O) groups is 1. The SMILES string of the molecule is CC(C)(C)c1cc(NC(=O)c2ccc(S(C)(=O)=O)cc2)n(Cc2ccccc2)n1. The summed E-state index contributed by atoms with van der Waals surface area (Å²) in [5.74, 6) is 0.274. The smallest absolute Gasteiger partial charge is 0.256 e. The summed E-state index contributed by atoms with van der Waals surface area (Å²) in [5.41, 5.74) is 2.15. The quantitative estimate of drug-likeness (QED) is 0.691. The number of nitrogens with one attached hydrogen (secondary N) is 1. The van der Waals surface area contributed by atoms with Crippen LogP contribution in [0.4, 0.5) is 5.82 Å². The summed E-state index contributed by atoms with van der Waals surface area (Å²) in [7, 11) is -3.30. The van der Waals surface area contributed by atoms with Crippen molar-refractivity contribution in [2.24, 2.45) is 0 Å². The van der Waals surface area contributed by atoms with E-state index in [1.807, 2.05) is 36.4 Å². The van der Waals surface area contributed by atoms with Crippen molar-refractivity contribution in [1.29, 1.82) is 0 Å². The van der Waals surface area contributed by atoms with Gasteiger partial charge in [0, 0.05) is 23.3 Å². The molecular weight excluding hydrogens is 386 g/mol. The minimum atomic E-state index is -3.30. The van der Waals surface area contributed by atoms with Gasteiger partial charge in [-0.2, -0.15) is 5.10 Å². The molecule has 0 aliphatic heterocycles. The van der Waals surface area contributed by atoms with E-state index in [1.165, 1.54) is 24.3 Å². The zero-order chi connectivity index (χ0) is 21.2. The first-order chi connectivity index (χ1) is 13.5. The van der Waals surface area contributed by atoms with Crippen molar-refractivity contribution in [3.8, 4) is 0 Å². The molecule has 0 bridgehead atoms. The highest BCUT2D eigenvalue weighted by Crippen LogP contribution is 2.25. The van der Waals surface area contributed by atoms with Gasteiger partial charge in [-0.3, -0.25) is 4.79 Å². The zero-order valence-corrected chi connectivity index (χ0v) is 17.8. The topological polar surface area (TPSA) is 81.1 Å². The molecule has 0 fully saturated rings. The maximum atomic E-state index is 12.7. The Morgan fingerprint density at radius 3 is 2.21 bits per heavy atom. The molecule has 152 valence electrons. The highest BCUT2D eigenvalue weighted by atomic mass is 32.2. The first-order valence-electron chi connectivity index (χ1n) is 9.28. The lowest BCUT2D eigenvalue weighted by atomic mass is 9.92. The van der Waals surface area contributed by atoms with Crippen LogP contribution in [0.5, 0.6) is 0 Å². The lowest BCUT2D eigenvalue weighted by Gasteiger charge is -2.14. The molecule has 0 atom stereocenters. The van der Waals surface area contributed by atoms with E-state index in [4.69, 9.17) is 5.10 Å². The van der Waals surface area contributed by atoms with E-state index in [0.29, 0.717) is 17.9 Å². The van der Waals surface area contributed by atoms with E-state index in [0.717, 1.165) is 17.5 Å². The van der Waals surface area contributed by atoms with Gasteiger partial charge in [0.2, 0.25) is 0 Å². The molecule has 1 amide bonds. The molecule has 1 heterocycles. The third kappa shape index (κ3) is 5.12. The Hall–Kier alpha value is -2.93. The molecule has 0 saturated heterocycles. The van der Waals surface area contributed by atoms with E-state index >= 15 is 0 Å². The Balaban J connectivity index is 1.88. The van der Waals surface area contributed by atoms with E-state index < -0.39 is 9.84 Å². The lowest BCUT2D eigenvalue weighted by Crippen LogP contribution is -2.16. The van der Waals surface area contributed by atoms with E-state index in [1.54, 1.807) is 4.68 Å². The number of sulfone groups is 1. The predicted molar refractivity (Wildman–Crippen MR) is 114 cm³/mol. The van der Waals surface area contributed by atoms with Gasteiger partial charge < -0.3 is 5.32 Å². The largest absolute Gasteiger partial charge is 0.307 e. The molecule has 0 aliphatic carbocycles. The van der Waals surface area contributed by atoms with E-state index in [-0.39, 0.29) is 16.2 Å². The van der Waals surface area contributed by atoms with Crippen LogP contribution in [0, 0.1) is 0 Å². The number of amides is 1. The van der Waals surface area contributed by atoms with Crippen LogP contribution in [-0.4, -0.2) is 30.4 Å². The third-order valence-electron chi connectivity index (χ3n) is 4.51. The van der Waals surface area contributed by atoms with Gasteiger partial charge in [0.25, 0.3) is 5.91 Å². The predicted octanol–water partition coefficient (Wildman–Crippen LogP) is 3.88. The van der Waals surface area contributed by atoms with Crippen molar-refractivity contribution in [2.75, 3.05) is 11.6 Å². The number of rotatable bonds is 5. The monoisotopic (exact) mass is 411 g/mol. The van der Waals surface area contributed by atoms with Crippen LogP contribution < -0.4 is 5.32 Å². The van der Waals surface area contributed by atoms with Crippen molar-refractivity contribution in [1.82, 2.24) is 9.78 Å². The van der Waals surface area contributed by atoms with Gasteiger partial charge in [-0.15, -0.1) is 0 Å². The van der Waals surface area contributed by atoms with Gasteiger partial charge in [-0.05, 0) is 29.8 Å². The first-order valence-corrected chi connectivity index (χ1v) is 11.2. The molecule has 0 aliphatic rings. The molecule has 0 radical (unpaired) electrons. The first kappa shape index (κ1) is 20.8. The lowest BCUT2D eigenvalue weighted by molar-refractivity contribution is 0.102. The van der Waals surface area contributed by atoms with Crippen molar-refractivity contribution < 1.29 is 13.2 Å². The van der Waals surface area contributed by atoms with Gasteiger partial charge in [0.15, 0.2) is 9.84 Å². The maximum Gasteiger partial charge on any atom is 0.256 e.